The number of carbonyl (C=O) groups excluding carboxylic acids is 1. The fourth-order valence-electron chi connectivity index (χ4n) is 2.78. The molecule has 0 aliphatic carbocycles. The average Bonchev–Trinajstić information content (AvgIpc) is 2.83. The molecule has 22 heavy (non-hydrogen) atoms. The summed E-state index contributed by atoms with van der Waals surface area (Å²) >= 11 is 0. The fourth-order valence-corrected chi connectivity index (χ4v) is 3.19. The molecule has 0 saturated carbocycles. The van der Waals surface area contributed by atoms with Gasteiger partial charge in [0.05, 0.1) is 24.9 Å². The molecular weight excluding hydrogens is 318 g/mol. The first kappa shape index (κ1) is 20.2. The first-order chi connectivity index (χ1) is 10.5. The summed E-state index contributed by atoms with van der Waals surface area (Å²) in [6.45, 7) is 8.48. The van der Waals surface area contributed by atoms with Crippen molar-refractivity contribution in [3.05, 3.63) is 12.2 Å². The maximum atomic E-state index is 11.4. The maximum Gasteiger partial charge on any atom is 0.132 e. The van der Waals surface area contributed by atoms with Gasteiger partial charge in [-0.15, -0.1) is 0 Å². The van der Waals surface area contributed by atoms with Crippen LogP contribution in [0.4, 0.5) is 0 Å². The van der Waals surface area contributed by atoms with E-state index in [1.807, 2.05) is 6.92 Å². The Morgan fingerprint density at radius 2 is 2.18 bits per heavy atom. The van der Waals surface area contributed by atoms with Crippen LogP contribution in [0.3, 0.4) is 0 Å². The molecule has 0 aromatic carbocycles. The second kappa shape index (κ2) is 10.8. The third-order valence-electron chi connectivity index (χ3n) is 4.34. The number of ether oxygens (including phenoxy) is 1. The van der Waals surface area contributed by atoms with E-state index < -0.39 is 0 Å². The Hall–Kier alpha value is 0.150. The summed E-state index contributed by atoms with van der Waals surface area (Å²) in [5.41, 5.74) is 1.18. The van der Waals surface area contributed by atoms with E-state index in [1.165, 1.54) is 5.57 Å². The molecule has 0 aromatic heterocycles. The quantitative estimate of drug-likeness (QED) is 0.323. The van der Waals surface area contributed by atoms with Crippen molar-refractivity contribution in [3.8, 4) is 0 Å². The first-order valence-electron chi connectivity index (χ1n) is 7.98. The lowest BCUT2D eigenvalue weighted by molar-refractivity contribution is -0.121. The van der Waals surface area contributed by atoms with Crippen LogP contribution >= 0.6 is 18.9 Å². The van der Waals surface area contributed by atoms with Crippen LogP contribution in [-0.4, -0.2) is 30.7 Å². The number of rotatable bonds is 11. The van der Waals surface area contributed by atoms with Gasteiger partial charge < -0.3 is 13.8 Å². The highest BCUT2D eigenvalue weighted by atomic mass is 31.0. The van der Waals surface area contributed by atoms with E-state index in [-0.39, 0.29) is 30.0 Å². The molecule has 1 aliphatic rings. The second-order valence-corrected chi connectivity index (χ2v) is 6.81. The van der Waals surface area contributed by atoms with Gasteiger partial charge in [-0.3, -0.25) is 4.79 Å². The van der Waals surface area contributed by atoms with Gasteiger partial charge in [0.2, 0.25) is 0 Å². The highest BCUT2D eigenvalue weighted by Crippen LogP contribution is 2.31. The normalized spacial score (nSPS) is 24.5. The van der Waals surface area contributed by atoms with E-state index in [0.717, 1.165) is 45.1 Å². The summed E-state index contributed by atoms with van der Waals surface area (Å²) in [6, 6.07) is 0. The first-order valence-corrected chi connectivity index (χ1v) is 8.93. The number of hydrogen-bond donors (Lipinski definition) is 0. The molecule has 1 heterocycles. The predicted molar refractivity (Wildman–Crippen MR) is 95.6 cm³/mol. The van der Waals surface area contributed by atoms with Crippen molar-refractivity contribution in [3.63, 3.8) is 0 Å². The van der Waals surface area contributed by atoms with Gasteiger partial charge in [0.15, 0.2) is 0 Å². The molecule has 0 bridgehead atoms. The van der Waals surface area contributed by atoms with Crippen molar-refractivity contribution < 1.29 is 18.6 Å². The van der Waals surface area contributed by atoms with Gasteiger partial charge in [-0.25, -0.2) is 0 Å². The van der Waals surface area contributed by atoms with E-state index in [4.69, 9.17) is 13.8 Å². The highest BCUT2D eigenvalue weighted by Gasteiger charge is 2.29. The van der Waals surface area contributed by atoms with Gasteiger partial charge in [0.1, 0.15) is 5.78 Å². The van der Waals surface area contributed by atoms with E-state index in [0.29, 0.717) is 0 Å². The SMILES string of the molecule is C=C1C[C@H](CCCOP)O[C@H]1CCC(C[C@@H](C)C(C)=O)OP. The zero-order valence-corrected chi connectivity index (χ0v) is 16.1. The Bertz CT molecular complexity index is 362. The van der Waals surface area contributed by atoms with Crippen LogP contribution in [0.25, 0.3) is 0 Å². The summed E-state index contributed by atoms with van der Waals surface area (Å²) in [7, 11) is 4.60. The smallest absolute Gasteiger partial charge is 0.132 e. The molecule has 128 valence electrons. The van der Waals surface area contributed by atoms with Crippen LogP contribution in [0.1, 0.15) is 52.4 Å². The van der Waals surface area contributed by atoms with Crippen LogP contribution in [0.5, 0.6) is 0 Å². The Balaban J connectivity index is 2.33. The van der Waals surface area contributed by atoms with Crippen molar-refractivity contribution in [2.75, 3.05) is 6.61 Å². The standard InChI is InChI=1S/C16H30O4P2/c1-11(13(3)17)9-15(20-22)6-7-16-12(2)10-14(19-16)5-4-8-18-21/h11,14-16H,2,4-10,21-22H2,1,3H3/t11-,14+,15?,16+/m1/s1. The number of hydrogen-bond acceptors (Lipinski definition) is 4. The Morgan fingerprint density at radius 1 is 1.45 bits per heavy atom. The topological polar surface area (TPSA) is 44.8 Å². The van der Waals surface area contributed by atoms with Gasteiger partial charge in [-0.1, -0.05) is 13.5 Å². The lowest BCUT2D eigenvalue weighted by Crippen LogP contribution is -2.20. The predicted octanol–water partition coefficient (Wildman–Crippen LogP) is 3.86. The average molecular weight is 348 g/mol. The number of carbonyl (C=O) groups is 1. The van der Waals surface area contributed by atoms with Gasteiger partial charge in [0.25, 0.3) is 0 Å². The van der Waals surface area contributed by atoms with Crippen LogP contribution in [0, 0.1) is 5.92 Å². The zero-order chi connectivity index (χ0) is 16.5. The molecule has 0 aromatic rings. The Morgan fingerprint density at radius 3 is 2.77 bits per heavy atom. The van der Waals surface area contributed by atoms with Crippen LogP contribution < -0.4 is 0 Å². The number of ketones is 1. The molecular formula is C16H30O4P2. The van der Waals surface area contributed by atoms with Gasteiger partial charge in [0, 0.05) is 24.9 Å². The molecule has 4 nitrogen and oxygen atoms in total. The molecule has 1 rings (SSSR count). The summed E-state index contributed by atoms with van der Waals surface area (Å²) in [5.74, 6) is 0.253. The van der Waals surface area contributed by atoms with Crippen LogP contribution in [-0.2, 0) is 18.6 Å². The Kier molecular flexibility index (Phi) is 9.95. The number of Topliss-reactive ketones (excluding diaryl/α,β-unsaturated/α-hetero) is 1. The van der Waals surface area contributed by atoms with Crippen molar-refractivity contribution in [2.24, 2.45) is 5.92 Å². The van der Waals surface area contributed by atoms with E-state index in [2.05, 4.69) is 25.5 Å². The minimum absolute atomic E-state index is 0.0397. The van der Waals surface area contributed by atoms with E-state index >= 15 is 0 Å². The largest absolute Gasteiger partial charge is 0.370 e. The molecule has 1 saturated heterocycles. The molecule has 3 unspecified atom stereocenters. The highest BCUT2D eigenvalue weighted by molar-refractivity contribution is 7.10. The van der Waals surface area contributed by atoms with Crippen molar-refractivity contribution in [1.82, 2.24) is 0 Å². The summed E-state index contributed by atoms with van der Waals surface area (Å²) in [5, 5.41) is 0. The zero-order valence-electron chi connectivity index (χ0n) is 13.8. The van der Waals surface area contributed by atoms with Crippen molar-refractivity contribution in [1.29, 1.82) is 0 Å². The Labute approximate surface area is 139 Å². The van der Waals surface area contributed by atoms with Crippen molar-refractivity contribution in [2.45, 2.75) is 70.7 Å². The van der Waals surface area contributed by atoms with E-state index in [9.17, 15) is 4.79 Å². The maximum absolute atomic E-state index is 11.4. The summed E-state index contributed by atoms with van der Waals surface area (Å²) in [4.78, 5) is 11.4. The minimum Gasteiger partial charge on any atom is -0.370 e. The molecule has 0 N–H and O–H groups in total. The molecule has 0 spiro atoms. The third kappa shape index (κ3) is 7.15. The monoisotopic (exact) mass is 348 g/mol. The lowest BCUT2D eigenvalue weighted by Gasteiger charge is -2.20. The van der Waals surface area contributed by atoms with Gasteiger partial charge >= 0.3 is 0 Å². The molecule has 1 aliphatic heterocycles. The molecule has 1 fully saturated rings. The van der Waals surface area contributed by atoms with Crippen molar-refractivity contribution >= 4 is 24.7 Å². The third-order valence-corrected chi connectivity index (χ3v) is 4.96. The summed E-state index contributed by atoms with van der Waals surface area (Å²) < 4.78 is 16.5. The lowest BCUT2D eigenvalue weighted by atomic mass is 9.95. The van der Waals surface area contributed by atoms with Gasteiger partial charge in [-0.05, 0) is 51.0 Å². The molecule has 0 amide bonds. The second-order valence-electron chi connectivity index (χ2n) is 6.20. The minimum atomic E-state index is 0.0397. The van der Waals surface area contributed by atoms with Crippen LogP contribution in [0.2, 0.25) is 0 Å². The van der Waals surface area contributed by atoms with E-state index in [1.54, 1.807) is 6.92 Å². The van der Waals surface area contributed by atoms with Gasteiger partial charge in [-0.2, -0.15) is 0 Å². The fraction of sp³-hybridized carbons (Fsp3) is 0.812. The molecule has 6 heteroatoms. The molecule has 0 radical (unpaired) electrons. The molecule has 6 atom stereocenters. The summed E-state index contributed by atoms with van der Waals surface area (Å²) in [6.07, 6.45) is 5.96. The van der Waals surface area contributed by atoms with Crippen LogP contribution in [0.15, 0.2) is 12.2 Å².